The number of thiazole rings is 1. The third-order valence-electron chi connectivity index (χ3n) is 2.28. The van der Waals surface area contributed by atoms with Crippen LogP contribution >= 0.6 is 11.3 Å². The smallest absolute Gasteiger partial charge is 0.0900 e. The number of nitrogens with one attached hydrogen (secondary N) is 2. The molecule has 2 aromatic rings. The number of aryl methyl sites for hydroxylation is 2. The van der Waals surface area contributed by atoms with Gasteiger partial charge >= 0.3 is 0 Å². The van der Waals surface area contributed by atoms with Crippen LogP contribution in [0.1, 0.15) is 21.1 Å². The summed E-state index contributed by atoms with van der Waals surface area (Å²) in [6.45, 7) is 5.91. The zero-order chi connectivity index (χ0) is 10.7. The molecule has 0 aliphatic rings. The van der Waals surface area contributed by atoms with Gasteiger partial charge in [-0.05, 0) is 25.5 Å². The Balaban J connectivity index is 1.86. The monoisotopic (exact) mass is 221 g/mol. The highest BCUT2D eigenvalue weighted by Crippen LogP contribution is 2.15. The molecule has 4 heteroatoms. The van der Waals surface area contributed by atoms with E-state index in [1.165, 1.54) is 16.1 Å². The van der Waals surface area contributed by atoms with Crippen LogP contribution in [0, 0.1) is 13.8 Å². The van der Waals surface area contributed by atoms with E-state index in [1.807, 2.05) is 19.3 Å². The first-order chi connectivity index (χ1) is 7.25. The minimum absolute atomic E-state index is 0.849. The molecule has 0 fully saturated rings. The Morgan fingerprint density at radius 1 is 1.40 bits per heavy atom. The lowest BCUT2D eigenvalue weighted by Crippen LogP contribution is -2.13. The van der Waals surface area contributed by atoms with Crippen LogP contribution in [0.5, 0.6) is 0 Å². The van der Waals surface area contributed by atoms with E-state index in [-0.39, 0.29) is 0 Å². The van der Waals surface area contributed by atoms with Crippen LogP contribution in [0.15, 0.2) is 18.5 Å². The van der Waals surface area contributed by atoms with Gasteiger partial charge in [0.25, 0.3) is 0 Å². The van der Waals surface area contributed by atoms with Crippen molar-refractivity contribution in [2.75, 3.05) is 0 Å². The van der Waals surface area contributed by atoms with Crippen LogP contribution in [0.3, 0.4) is 0 Å². The highest BCUT2D eigenvalue weighted by molar-refractivity contribution is 7.11. The molecule has 0 radical (unpaired) electrons. The number of rotatable bonds is 4. The molecular formula is C11H15N3S. The number of hydrogen-bond donors (Lipinski definition) is 2. The molecule has 2 N–H and O–H groups in total. The molecule has 0 saturated carbocycles. The van der Waals surface area contributed by atoms with Gasteiger partial charge < -0.3 is 10.3 Å². The molecule has 2 heterocycles. The molecular weight excluding hydrogens is 206 g/mol. The number of aromatic nitrogens is 2. The Morgan fingerprint density at radius 2 is 2.27 bits per heavy atom. The van der Waals surface area contributed by atoms with Crippen LogP contribution < -0.4 is 5.32 Å². The quantitative estimate of drug-likeness (QED) is 0.832. The van der Waals surface area contributed by atoms with Gasteiger partial charge in [-0.25, -0.2) is 4.98 Å². The van der Waals surface area contributed by atoms with Gasteiger partial charge in [-0.1, -0.05) is 0 Å². The van der Waals surface area contributed by atoms with E-state index in [1.54, 1.807) is 11.3 Å². The van der Waals surface area contributed by atoms with Crippen molar-refractivity contribution >= 4 is 11.3 Å². The van der Waals surface area contributed by atoms with Gasteiger partial charge in [-0.2, -0.15) is 0 Å². The van der Waals surface area contributed by atoms with E-state index >= 15 is 0 Å². The van der Waals surface area contributed by atoms with Gasteiger partial charge in [0.05, 0.1) is 10.7 Å². The Hall–Kier alpha value is -1.13. The molecule has 3 nitrogen and oxygen atoms in total. The van der Waals surface area contributed by atoms with E-state index in [0.717, 1.165) is 18.1 Å². The van der Waals surface area contributed by atoms with Crippen molar-refractivity contribution in [1.29, 1.82) is 0 Å². The average Bonchev–Trinajstić information content (AvgIpc) is 2.77. The van der Waals surface area contributed by atoms with E-state index in [2.05, 4.69) is 28.3 Å². The summed E-state index contributed by atoms with van der Waals surface area (Å²) in [6, 6.07) is 2.08. The summed E-state index contributed by atoms with van der Waals surface area (Å²) < 4.78 is 0. The van der Waals surface area contributed by atoms with Crippen molar-refractivity contribution in [3.8, 4) is 0 Å². The number of H-pyrrole nitrogens is 1. The second-order valence-corrected chi connectivity index (χ2v) is 4.97. The normalized spacial score (nSPS) is 10.8. The van der Waals surface area contributed by atoms with Crippen LogP contribution in [0.25, 0.3) is 0 Å². The molecule has 0 aliphatic heterocycles. The topological polar surface area (TPSA) is 40.7 Å². The Bertz CT molecular complexity index is 417. The predicted molar refractivity (Wildman–Crippen MR) is 62.9 cm³/mol. The number of nitrogens with zero attached hydrogens (tertiary/aromatic N) is 1. The van der Waals surface area contributed by atoms with E-state index in [0.29, 0.717) is 0 Å². The lowest BCUT2D eigenvalue weighted by Gasteiger charge is -2.01. The lowest BCUT2D eigenvalue weighted by molar-refractivity contribution is 0.679. The third-order valence-corrected chi connectivity index (χ3v) is 3.21. The van der Waals surface area contributed by atoms with Crippen LogP contribution in [-0.2, 0) is 13.1 Å². The van der Waals surface area contributed by atoms with Gasteiger partial charge in [0.15, 0.2) is 0 Å². The fourth-order valence-corrected chi connectivity index (χ4v) is 2.36. The van der Waals surface area contributed by atoms with E-state index in [4.69, 9.17) is 0 Å². The fourth-order valence-electron chi connectivity index (χ4n) is 1.53. The van der Waals surface area contributed by atoms with E-state index in [9.17, 15) is 0 Å². The summed E-state index contributed by atoms with van der Waals surface area (Å²) in [5, 5.41) is 4.53. The van der Waals surface area contributed by atoms with Crippen molar-refractivity contribution in [3.63, 3.8) is 0 Å². The van der Waals surface area contributed by atoms with Gasteiger partial charge in [0.2, 0.25) is 0 Å². The zero-order valence-corrected chi connectivity index (χ0v) is 9.82. The molecule has 0 aromatic carbocycles. The summed E-state index contributed by atoms with van der Waals surface area (Å²) in [5.74, 6) is 0. The standard InChI is InChI=1S/C11H15N3S/c1-8-11(14-9(2)15-8)7-13-6-10-3-4-12-5-10/h3-5,12-13H,6-7H2,1-2H3. The first-order valence-electron chi connectivity index (χ1n) is 5.01. The maximum absolute atomic E-state index is 4.48. The summed E-state index contributed by atoms with van der Waals surface area (Å²) in [6.07, 6.45) is 3.95. The van der Waals surface area contributed by atoms with Crippen molar-refractivity contribution in [2.24, 2.45) is 0 Å². The Kier molecular flexibility index (Phi) is 3.18. The largest absolute Gasteiger partial charge is 0.367 e. The van der Waals surface area contributed by atoms with E-state index < -0.39 is 0 Å². The fraction of sp³-hybridized carbons (Fsp3) is 0.364. The number of aromatic amines is 1. The third kappa shape index (κ3) is 2.67. The molecule has 0 saturated heterocycles. The highest BCUT2D eigenvalue weighted by Gasteiger charge is 2.03. The van der Waals surface area contributed by atoms with Crippen molar-refractivity contribution in [3.05, 3.63) is 39.6 Å². The van der Waals surface area contributed by atoms with Crippen LogP contribution in [0.4, 0.5) is 0 Å². The predicted octanol–water partition coefficient (Wildman–Crippen LogP) is 2.38. The molecule has 0 aliphatic carbocycles. The van der Waals surface area contributed by atoms with Gasteiger partial charge in [0.1, 0.15) is 0 Å². The maximum atomic E-state index is 4.48. The van der Waals surface area contributed by atoms with Gasteiger partial charge in [0, 0.05) is 30.4 Å². The molecule has 0 unspecified atom stereocenters. The Morgan fingerprint density at radius 3 is 2.87 bits per heavy atom. The first kappa shape index (κ1) is 10.4. The molecule has 0 bridgehead atoms. The summed E-state index contributed by atoms with van der Waals surface area (Å²) in [4.78, 5) is 8.83. The number of hydrogen-bond acceptors (Lipinski definition) is 3. The van der Waals surface area contributed by atoms with Crippen LogP contribution in [-0.4, -0.2) is 9.97 Å². The summed E-state index contributed by atoms with van der Waals surface area (Å²) in [7, 11) is 0. The minimum Gasteiger partial charge on any atom is -0.367 e. The van der Waals surface area contributed by atoms with Gasteiger partial charge in [-0.3, -0.25) is 0 Å². The van der Waals surface area contributed by atoms with Crippen LogP contribution in [0.2, 0.25) is 0 Å². The molecule has 15 heavy (non-hydrogen) atoms. The molecule has 0 spiro atoms. The molecule has 0 amide bonds. The second kappa shape index (κ2) is 4.59. The second-order valence-electron chi connectivity index (χ2n) is 3.56. The summed E-state index contributed by atoms with van der Waals surface area (Å²) >= 11 is 1.76. The first-order valence-corrected chi connectivity index (χ1v) is 5.82. The lowest BCUT2D eigenvalue weighted by atomic mass is 10.3. The molecule has 80 valence electrons. The highest BCUT2D eigenvalue weighted by atomic mass is 32.1. The summed E-state index contributed by atoms with van der Waals surface area (Å²) in [5.41, 5.74) is 2.45. The molecule has 2 rings (SSSR count). The van der Waals surface area contributed by atoms with Crippen molar-refractivity contribution < 1.29 is 0 Å². The SMILES string of the molecule is Cc1nc(CNCc2cc[nH]c2)c(C)s1. The molecule has 2 aromatic heterocycles. The van der Waals surface area contributed by atoms with Crippen molar-refractivity contribution in [1.82, 2.24) is 15.3 Å². The molecule has 0 atom stereocenters. The Labute approximate surface area is 93.6 Å². The minimum atomic E-state index is 0.849. The van der Waals surface area contributed by atoms with Crippen molar-refractivity contribution in [2.45, 2.75) is 26.9 Å². The van der Waals surface area contributed by atoms with Gasteiger partial charge in [-0.15, -0.1) is 11.3 Å². The maximum Gasteiger partial charge on any atom is 0.0900 e. The average molecular weight is 221 g/mol. The zero-order valence-electron chi connectivity index (χ0n) is 9.00.